The summed E-state index contributed by atoms with van der Waals surface area (Å²) in [4.78, 5) is 3.88. The maximum atomic E-state index is 12.7. The Morgan fingerprint density at radius 3 is 2.85 bits per heavy atom. The third-order valence-electron chi connectivity index (χ3n) is 1.96. The molecule has 1 aliphatic heterocycles. The van der Waals surface area contributed by atoms with E-state index in [1.807, 2.05) is 0 Å². The first-order valence-electron chi connectivity index (χ1n) is 3.98. The third kappa shape index (κ3) is 1.67. The van der Waals surface area contributed by atoms with Gasteiger partial charge in [0.15, 0.2) is 5.82 Å². The largest absolute Gasteiger partial charge is 0.340 e. The van der Waals surface area contributed by atoms with Crippen molar-refractivity contribution in [2.75, 3.05) is 6.54 Å². The minimum Gasteiger partial charge on any atom is -0.340 e. The number of hydrogen-bond acceptors (Lipinski definition) is 4. The molecule has 2 heterocycles. The van der Waals surface area contributed by atoms with E-state index in [0.29, 0.717) is 11.7 Å². The van der Waals surface area contributed by atoms with Crippen molar-refractivity contribution in [2.24, 2.45) is 0 Å². The second-order valence-electron chi connectivity index (χ2n) is 3.17. The number of alkyl halides is 2. The molecule has 2 rings (SSSR count). The highest BCUT2D eigenvalue weighted by Crippen LogP contribution is 2.32. The van der Waals surface area contributed by atoms with Gasteiger partial charge in [0, 0.05) is 13.3 Å². The first kappa shape index (κ1) is 8.55. The Bertz CT molecular complexity index is 312. The summed E-state index contributed by atoms with van der Waals surface area (Å²) in [6.45, 7) is 1.31. The van der Waals surface area contributed by atoms with E-state index in [1.54, 1.807) is 6.92 Å². The lowest BCUT2D eigenvalue weighted by molar-refractivity contribution is 0.0207. The molecule has 1 aromatic heterocycles. The van der Waals surface area contributed by atoms with Gasteiger partial charge < -0.3 is 9.84 Å². The number of aromatic nitrogens is 2. The van der Waals surface area contributed by atoms with Crippen molar-refractivity contribution in [3.63, 3.8) is 0 Å². The summed E-state index contributed by atoms with van der Waals surface area (Å²) in [5.74, 6) is -1.94. The SMILES string of the molecule is Cc1nc([C@@H]2CC(F)(F)CN2)no1. The van der Waals surface area contributed by atoms with Crippen molar-refractivity contribution < 1.29 is 13.3 Å². The van der Waals surface area contributed by atoms with Gasteiger partial charge >= 0.3 is 0 Å². The number of nitrogens with one attached hydrogen (secondary N) is 1. The van der Waals surface area contributed by atoms with E-state index in [9.17, 15) is 8.78 Å². The molecule has 1 saturated heterocycles. The summed E-state index contributed by atoms with van der Waals surface area (Å²) in [6, 6.07) is -0.479. The molecular formula is C7H9F2N3O. The van der Waals surface area contributed by atoms with Crippen LogP contribution in [0.4, 0.5) is 8.78 Å². The van der Waals surface area contributed by atoms with E-state index in [0.717, 1.165) is 0 Å². The minimum absolute atomic E-state index is 0.258. The van der Waals surface area contributed by atoms with E-state index in [1.165, 1.54) is 0 Å². The monoisotopic (exact) mass is 189 g/mol. The minimum atomic E-state index is -2.65. The van der Waals surface area contributed by atoms with Crippen LogP contribution in [-0.4, -0.2) is 22.6 Å². The van der Waals surface area contributed by atoms with Crippen molar-refractivity contribution in [1.82, 2.24) is 15.5 Å². The molecule has 4 nitrogen and oxygen atoms in total. The van der Waals surface area contributed by atoms with E-state index in [4.69, 9.17) is 4.52 Å². The second-order valence-corrected chi connectivity index (χ2v) is 3.17. The molecule has 0 radical (unpaired) electrons. The van der Waals surface area contributed by atoms with Crippen LogP contribution in [0.5, 0.6) is 0 Å². The van der Waals surface area contributed by atoms with Crippen molar-refractivity contribution in [3.05, 3.63) is 11.7 Å². The van der Waals surface area contributed by atoms with Crippen LogP contribution >= 0.6 is 0 Å². The molecule has 0 saturated carbocycles. The summed E-state index contributed by atoms with van der Waals surface area (Å²) in [5.41, 5.74) is 0. The van der Waals surface area contributed by atoms with Gasteiger partial charge in [-0.15, -0.1) is 0 Å². The number of halogens is 2. The van der Waals surface area contributed by atoms with Crippen LogP contribution in [-0.2, 0) is 0 Å². The molecule has 0 bridgehead atoms. The van der Waals surface area contributed by atoms with Crippen molar-refractivity contribution >= 4 is 0 Å². The number of aryl methyl sites for hydroxylation is 1. The average Bonchev–Trinajstić information content (AvgIpc) is 2.56. The zero-order valence-electron chi connectivity index (χ0n) is 7.05. The second kappa shape index (κ2) is 2.73. The molecule has 1 fully saturated rings. The molecule has 0 aromatic carbocycles. The van der Waals surface area contributed by atoms with Crippen molar-refractivity contribution in [1.29, 1.82) is 0 Å². The lowest BCUT2D eigenvalue weighted by Crippen LogP contribution is -2.19. The highest BCUT2D eigenvalue weighted by Gasteiger charge is 2.41. The standard InChI is InChI=1S/C7H9F2N3O/c1-4-11-6(12-13-4)5-2-7(8,9)3-10-5/h5,10H,2-3H2,1H3/t5-/m0/s1. The van der Waals surface area contributed by atoms with Crippen LogP contribution in [0.3, 0.4) is 0 Å². The van der Waals surface area contributed by atoms with Crippen molar-refractivity contribution in [2.45, 2.75) is 25.3 Å². The lowest BCUT2D eigenvalue weighted by Gasteiger charge is -2.04. The Kier molecular flexibility index (Phi) is 1.80. The maximum absolute atomic E-state index is 12.7. The molecule has 1 atom stereocenters. The number of rotatable bonds is 1. The van der Waals surface area contributed by atoms with Gasteiger partial charge in [0.25, 0.3) is 5.92 Å². The summed E-state index contributed by atoms with van der Waals surface area (Å²) in [7, 11) is 0. The summed E-state index contributed by atoms with van der Waals surface area (Å²) in [5, 5.41) is 6.22. The van der Waals surface area contributed by atoms with Crippen molar-refractivity contribution in [3.8, 4) is 0 Å². The predicted octanol–water partition coefficient (Wildman–Crippen LogP) is 1.05. The fourth-order valence-corrected chi connectivity index (χ4v) is 1.35. The lowest BCUT2D eigenvalue weighted by atomic mass is 10.2. The Hall–Kier alpha value is -1.04. The van der Waals surface area contributed by atoms with Gasteiger partial charge in [-0.05, 0) is 0 Å². The average molecular weight is 189 g/mol. The van der Waals surface area contributed by atoms with Crippen LogP contribution in [0, 0.1) is 6.92 Å². The van der Waals surface area contributed by atoms with Gasteiger partial charge in [-0.3, -0.25) is 0 Å². The molecule has 0 aliphatic carbocycles. The highest BCUT2D eigenvalue weighted by atomic mass is 19.3. The molecule has 1 aromatic rings. The summed E-state index contributed by atoms with van der Waals surface area (Å²) < 4.78 is 30.2. The van der Waals surface area contributed by atoms with Crippen LogP contribution in [0.2, 0.25) is 0 Å². The van der Waals surface area contributed by atoms with Gasteiger partial charge in [0.1, 0.15) is 0 Å². The number of nitrogens with zero attached hydrogens (tertiary/aromatic N) is 2. The molecule has 0 spiro atoms. The summed E-state index contributed by atoms with van der Waals surface area (Å²) in [6.07, 6.45) is -0.258. The Balaban J connectivity index is 2.12. The molecule has 72 valence electrons. The molecule has 13 heavy (non-hydrogen) atoms. The Morgan fingerprint density at radius 1 is 1.62 bits per heavy atom. The van der Waals surface area contributed by atoms with E-state index in [2.05, 4.69) is 15.5 Å². The fourth-order valence-electron chi connectivity index (χ4n) is 1.35. The van der Waals surface area contributed by atoms with Crippen LogP contribution in [0.25, 0.3) is 0 Å². The zero-order chi connectivity index (χ0) is 9.47. The van der Waals surface area contributed by atoms with Gasteiger partial charge in [-0.25, -0.2) is 8.78 Å². The van der Waals surface area contributed by atoms with E-state index in [-0.39, 0.29) is 13.0 Å². The van der Waals surface area contributed by atoms with Gasteiger partial charge in [0.05, 0.1) is 12.6 Å². The molecule has 0 unspecified atom stereocenters. The van der Waals surface area contributed by atoms with Crippen LogP contribution in [0.15, 0.2) is 4.52 Å². The molecule has 1 N–H and O–H groups in total. The normalized spacial score (nSPS) is 26.5. The highest BCUT2D eigenvalue weighted by molar-refractivity contribution is 5.00. The fraction of sp³-hybridized carbons (Fsp3) is 0.714. The third-order valence-corrected chi connectivity index (χ3v) is 1.96. The molecule has 0 amide bonds. The zero-order valence-corrected chi connectivity index (χ0v) is 7.05. The van der Waals surface area contributed by atoms with Crippen LogP contribution < -0.4 is 5.32 Å². The maximum Gasteiger partial charge on any atom is 0.262 e. The van der Waals surface area contributed by atoms with E-state index >= 15 is 0 Å². The van der Waals surface area contributed by atoms with Crippen LogP contribution in [0.1, 0.15) is 24.2 Å². The summed E-state index contributed by atoms with van der Waals surface area (Å²) >= 11 is 0. The topological polar surface area (TPSA) is 51.0 Å². The molecular weight excluding hydrogens is 180 g/mol. The predicted molar refractivity (Wildman–Crippen MR) is 39.3 cm³/mol. The Morgan fingerprint density at radius 2 is 2.38 bits per heavy atom. The van der Waals surface area contributed by atoms with Gasteiger partial charge in [-0.2, -0.15) is 4.98 Å². The van der Waals surface area contributed by atoms with Gasteiger partial charge in [-0.1, -0.05) is 5.16 Å². The molecule has 6 heteroatoms. The first-order chi connectivity index (χ1) is 6.07. The first-order valence-corrected chi connectivity index (χ1v) is 3.98. The Labute approximate surface area is 73.3 Å². The quantitative estimate of drug-likeness (QED) is 0.717. The van der Waals surface area contributed by atoms with E-state index < -0.39 is 12.0 Å². The number of hydrogen-bond donors (Lipinski definition) is 1. The smallest absolute Gasteiger partial charge is 0.262 e. The molecule has 1 aliphatic rings. The van der Waals surface area contributed by atoms with Gasteiger partial charge in [0.2, 0.25) is 5.89 Å².